The van der Waals surface area contributed by atoms with Crippen LogP contribution >= 0.6 is 0 Å². The van der Waals surface area contributed by atoms with Crippen molar-refractivity contribution in [2.45, 2.75) is 20.3 Å². The van der Waals surface area contributed by atoms with Gasteiger partial charge in [0.15, 0.2) is 0 Å². The standard InChI is InChI=1S/C8H12O4/c1-3-6(9)5-7(10)8(11)12-4-2/h5,9H,3-4H2,1-2H3/b6-5-. The van der Waals surface area contributed by atoms with E-state index in [2.05, 4.69) is 4.74 Å². The average Bonchev–Trinajstić information content (AvgIpc) is 2.04. The monoisotopic (exact) mass is 172 g/mol. The maximum Gasteiger partial charge on any atom is 0.379 e. The van der Waals surface area contributed by atoms with Crippen LogP contribution in [0.4, 0.5) is 0 Å². The second-order valence-corrected chi connectivity index (χ2v) is 2.07. The average molecular weight is 172 g/mol. The summed E-state index contributed by atoms with van der Waals surface area (Å²) in [5.74, 6) is -1.87. The molecule has 0 amide bonds. The van der Waals surface area contributed by atoms with E-state index in [4.69, 9.17) is 5.11 Å². The molecule has 0 unspecified atom stereocenters. The Bertz CT molecular complexity index is 205. The molecule has 0 bridgehead atoms. The van der Waals surface area contributed by atoms with E-state index in [0.717, 1.165) is 6.08 Å². The third kappa shape index (κ3) is 3.75. The molecule has 0 rings (SSSR count). The van der Waals surface area contributed by atoms with Gasteiger partial charge in [0.05, 0.1) is 12.4 Å². The Morgan fingerprint density at radius 2 is 2.00 bits per heavy atom. The van der Waals surface area contributed by atoms with Crippen LogP contribution in [0.1, 0.15) is 20.3 Å². The lowest BCUT2D eigenvalue weighted by molar-refractivity contribution is -0.151. The van der Waals surface area contributed by atoms with E-state index in [-0.39, 0.29) is 12.4 Å². The predicted molar refractivity (Wildman–Crippen MR) is 42.6 cm³/mol. The van der Waals surface area contributed by atoms with E-state index in [0.29, 0.717) is 6.42 Å². The topological polar surface area (TPSA) is 63.6 Å². The minimum Gasteiger partial charge on any atom is -0.512 e. The predicted octanol–water partition coefficient (Wildman–Crippen LogP) is 0.970. The number of rotatable bonds is 4. The van der Waals surface area contributed by atoms with E-state index in [1.807, 2.05) is 0 Å². The first-order valence-corrected chi connectivity index (χ1v) is 3.72. The summed E-state index contributed by atoms with van der Waals surface area (Å²) in [5.41, 5.74) is 0. The lowest BCUT2D eigenvalue weighted by Gasteiger charge is -1.96. The highest BCUT2D eigenvalue weighted by Gasteiger charge is 2.11. The molecule has 0 heterocycles. The van der Waals surface area contributed by atoms with Crippen LogP contribution in [0.15, 0.2) is 11.8 Å². The number of hydrogen-bond acceptors (Lipinski definition) is 4. The largest absolute Gasteiger partial charge is 0.512 e. The van der Waals surface area contributed by atoms with Gasteiger partial charge in [0.2, 0.25) is 0 Å². The van der Waals surface area contributed by atoms with Crippen LogP contribution in [0.5, 0.6) is 0 Å². The van der Waals surface area contributed by atoms with E-state index in [1.54, 1.807) is 13.8 Å². The number of allylic oxidation sites excluding steroid dienone is 1. The normalized spacial score (nSPS) is 11.0. The SMILES string of the molecule is CCOC(=O)C(=O)/C=C(\O)CC. The van der Waals surface area contributed by atoms with Gasteiger partial charge in [0.25, 0.3) is 5.78 Å². The zero-order chi connectivity index (χ0) is 9.56. The van der Waals surface area contributed by atoms with Crippen molar-refractivity contribution in [3.8, 4) is 0 Å². The Kier molecular flexibility index (Phi) is 4.76. The van der Waals surface area contributed by atoms with Gasteiger partial charge in [-0.2, -0.15) is 0 Å². The Balaban J connectivity index is 4.12. The number of ether oxygens (including phenoxy) is 1. The second kappa shape index (κ2) is 5.35. The molecule has 0 spiro atoms. The van der Waals surface area contributed by atoms with Crippen molar-refractivity contribution in [2.24, 2.45) is 0 Å². The van der Waals surface area contributed by atoms with E-state index >= 15 is 0 Å². The minimum absolute atomic E-state index is 0.118. The molecule has 0 aromatic heterocycles. The number of esters is 1. The molecule has 0 atom stereocenters. The summed E-state index contributed by atoms with van der Waals surface area (Å²) >= 11 is 0. The van der Waals surface area contributed by atoms with Crippen LogP contribution in [-0.4, -0.2) is 23.5 Å². The lowest BCUT2D eigenvalue weighted by Crippen LogP contribution is -2.15. The Labute approximate surface area is 70.8 Å². The van der Waals surface area contributed by atoms with Crippen molar-refractivity contribution in [1.82, 2.24) is 0 Å². The van der Waals surface area contributed by atoms with Gasteiger partial charge in [-0.1, -0.05) is 6.92 Å². The fourth-order valence-electron chi connectivity index (χ4n) is 0.515. The summed E-state index contributed by atoms with van der Waals surface area (Å²) in [4.78, 5) is 21.5. The molecule has 0 aliphatic rings. The molecular weight excluding hydrogens is 160 g/mol. The molecule has 0 saturated heterocycles. The summed E-state index contributed by atoms with van der Waals surface area (Å²) in [6.07, 6.45) is 1.20. The van der Waals surface area contributed by atoms with Crippen LogP contribution in [0.3, 0.4) is 0 Å². The second-order valence-electron chi connectivity index (χ2n) is 2.07. The fraction of sp³-hybridized carbons (Fsp3) is 0.500. The summed E-state index contributed by atoms with van der Waals surface area (Å²) in [7, 11) is 0. The van der Waals surface area contributed by atoms with Crippen LogP contribution in [0.25, 0.3) is 0 Å². The molecule has 0 aliphatic heterocycles. The molecule has 1 N–H and O–H groups in total. The number of aliphatic hydroxyl groups is 1. The molecule has 0 aliphatic carbocycles. The van der Waals surface area contributed by atoms with Crippen molar-refractivity contribution in [3.63, 3.8) is 0 Å². The Hall–Kier alpha value is -1.32. The van der Waals surface area contributed by atoms with Crippen LogP contribution in [0, 0.1) is 0 Å². The van der Waals surface area contributed by atoms with Gasteiger partial charge >= 0.3 is 5.97 Å². The van der Waals surface area contributed by atoms with Gasteiger partial charge in [-0.15, -0.1) is 0 Å². The zero-order valence-electron chi connectivity index (χ0n) is 7.16. The highest BCUT2D eigenvalue weighted by molar-refractivity contribution is 6.38. The fourth-order valence-corrected chi connectivity index (χ4v) is 0.515. The molecule has 0 aromatic carbocycles. The summed E-state index contributed by atoms with van der Waals surface area (Å²) < 4.78 is 4.40. The van der Waals surface area contributed by atoms with Gasteiger partial charge < -0.3 is 9.84 Å². The van der Waals surface area contributed by atoms with Crippen LogP contribution in [-0.2, 0) is 14.3 Å². The molecular formula is C8H12O4. The maximum atomic E-state index is 10.8. The summed E-state index contributed by atoms with van der Waals surface area (Å²) in [5, 5.41) is 8.88. The van der Waals surface area contributed by atoms with Crippen LogP contribution < -0.4 is 0 Å². The first kappa shape index (κ1) is 10.7. The quantitative estimate of drug-likeness (QED) is 0.297. The zero-order valence-corrected chi connectivity index (χ0v) is 7.16. The third-order valence-electron chi connectivity index (χ3n) is 1.14. The van der Waals surface area contributed by atoms with Gasteiger partial charge in [-0.3, -0.25) is 4.79 Å². The van der Waals surface area contributed by atoms with E-state index in [9.17, 15) is 9.59 Å². The van der Waals surface area contributed by atoms with E-state index in [1.165, 1.54) is 0 Å². The first-order chi connectivity index (χ1) is 5.61. The van der Waals surface area contributed by atoms with Crippen molar-refractivity contribution in [2.75, 3.05) is 6.61 Å². The highest BCUT2D eigenvalue weighted by atomic mass is 16.5. The minimum atomic E-state index is -0.933. The maximum absolute atomic E-state index is 10.8. The number of ketones is 1. The molecule has 0 saturated carbocycles. The molecule has 4 nitrogen and oxygen atoms in total. The number of carbonyl (C=O) groups excluding carboxylic acids is 2. The Morgan fingerprint density at radius 3 is 2.42 bits per heavy atom. The van der Waals surface area contributed by atoms with Gasteiger partial charge in [0, 0.05) is 12.5 Å². The van der Waals surface area contributed by atoms with Crippen molar-refractivity contribution < 1.29 is 19.4 Å². The van der Waals surface area contributed by atoms with Crippen molar-refractivity contribution in [1.29, 1.82) is 0 Å². The smallest absolute Gasteiger partial charge is 0.379 e. The lowest BCUT2D eigenvalue weighted by atomic mass is 10.3. The Morgan fingerprint density at radius 1 is 1.42 bits per heavy atom. The molecule has 0 radical (unpaired) electrons. The molecule has 4 heteroatoms. The van der Waals surface area contributed by atoms with Gasteiger partial charge in [-0.05, 0) is 6.92 Å². The van der Waals surface area contributed by atoms with Crippen LogP contribution in [0.2, 0.25) is 0 Å². The molecule has 0 fully saturated rings. The van der Waals surface area contributed by atoms with Crippen molar-refractivity contribution in [3.05, 3.63) is 11.8 Å². The van der Waals surface area contributed by atoms with Gasteiger partial charge in [-0.25, -0.2) is 4.79 Å². The van der Waals surface area contributed by atoms with Gasteiger partial charge in [0.1, 0.15) is 0 Å². The molecule has 12 heavy (non-hydrogen) atoms. The highest BCUT2D eigenvalue weighted by Crippen LogP contribution is 1.95. The molecule has 0 aromatic rings. The first-order valence-electron chi connectivity index (χ1n) is 3.72. The number of carbonyl (C=O) groups is 2. The van der Waals surface area contributed by atoms with E-state index < -0.39 is 11.8 Å². The summed E-state index contributed by atoms with van der Waals surface area (Å²) in [6, 6.07) is 0. The molecule has 68 valence electrons. The van der Waals surface area contributed by atoms with Crippen molar-refractivity contribution >= 4 is 11.8 Å². The number of aliphatic hydroxyl groups excluding tert-OH is 1. The third-order valence-corrected chi connectivity index (χ3v) is 1.14. The summed E-state index contributed by atoms with van der Waals surface area (Å²) in [6.45, 7) is 3.43. The number of hydrogen-bond donors (Lipinski definition) is 1.